The smallest absolute Gasteiger partial charge is 0.262 e. The minimum atomic E-state index is -0.240. The summed E-state index contributed by atoms with van der Waals surface area (Å²) >= 11 is 1.56. The summed E-state index contributed by atoms with van der Waals surface area (Å²) in [5, 5.41) is 4.94. The molecule has 4 aromatic rings. The molecule has 0 radical (unpaired) electrons. The molecule has 2 heterocycles. The van der Waals surface area contributed by atoms with Crippen LogP contribution < -0.4 is 14.9 Å². The Hall–Kier alpha value is -3.71. The first-order valence-corrected chi connectivity index (χ1v) is 11.1. The van der Waals surface area contributed by atoms with Crippen molar-refractivity contribution in [2.75, 3.05) is 11.9 Å². The van der Waals surface area contributed by atoms with Crippen LogP contribution in [-0.2, 0) is 17.8 Å². The van der Waals surface area contributed by atoms with Crippen LogP contribution in [0.5, 0.6) is 5.75 Å². The summed E-state index contributed by atoms with van der Waals surface area (Å²) in [6, 6.07) is 22.2. The molecule has 0 fully saturated rings. The van der Waals surface area contributed by atoms with E-state index >= 15 is 0 Å². The minimum absolute atomic E-state index is 0.0303. The maximum Gasteiger partial charge on any atom is 0.262 e. The molecule has 0 bridgehead atoms. The minimum Gasteiger partial charge on any atom is -0.482 e. The Balaban J connectivity index is 1.55. The number of anilines is 1. The van der Waals surface area contributed by atoms with Crippen molar-refractivity contribution < 1.29 is 13.9 Å². The number of nitrogens with zero attached hydrogens (tertiary/aromatic N) is 2. The predicted molar refractivity (Wildman–Crippen MR) is 124 cm³/mol. The molecule has 1 amide bonds. The van der Waals surface area contributed by atoms with E-state index in [-0.39, 0.29) is 18.3 Å². The van der Waals surface area contributed by atoms with Crippen molar-refractivity contribution in [2.45, 2.75) is 13.0 Å². The van der Waals surface area contributed by atoms with E-state index in [9.17, 15) is 9.18 Å². The van der Waals surface area contributed by atoms with Gasteiger partial charge in [-0.1, -0.05) is 30.3 Å². The molecule has 5 nitrogen and oxygen atoms in total. The maximum absolute atomic E-state index is 13.3. The Bertz CT molecular complexity index is 1330. The molecule has 0 saturated heterocycles. The molecule has 1 aliphatic heterocycles. The second kappa shape index (κ2) is 8.80. The first kappa shape index (κ1) is 20.2. The van der Waals surface area contributed by atoms with Gasteiger partial charge in [-0.15, -0.1) is 11.3 Å². The number of para-hydroxylation sites is 1. The largest absolute Gasteiger partial charge is 0.482 e. The molecule has 7 heteroatoms. The highest BCUT2D eigenvalue weighted by atomic mass is 32.1. The van der Waals surface area contributed by atoms with Gasteiger partial charge in [-0.05, 0) is 54.4 Å². The predicted octanol–water partition coefficient (Wildman–Crippen LogP) is 5.16. The Morgan fingerprint density at radius 2 is 1.88 bits per heavy atom. The van der Waals surface area contributed by atoms with Gasteiger partial charge in [0.15, 0.2) is 11.4 Å². The van der Waals surface area contributed by atoms with E-state index in [1.165, 1.54) is 12.1 Å². The number of halogens is 1. The van der Waals surface area contributed by atoms with Gasteiger partial charge in [-0.3, -0.25) is 4.79 Å². The second-order valence-electron chi connectivity index (χ2n) is 7.43. The number of carbonyl (C=O) groups excluding carboxylic acids is 1. The van der Waals surface area contributed by atoms with Gasteiger partial charge in [0.2, 0.25) is 0 Å². The van der Waals surface area contributed by atoms with Gasteiger partial charge in [0, 0.05) is 17.5 Å². The lowest BCUT2D eigenvalue weighted by atomic mass is 10.1. The third-order valence-corrected chi connectivity index (χ3v) is 6.09. The van der Waals surface area contributed by atoms with Crippen LogP contribution in [-0.4, -0.2) is 17.1 Å². The van der Waals surface area contributed by atoms with Gasteiger partial charge in [-0.25, -0.2) is 9.38 Å². The molecule has 1 N–H and O–H groups in total. The summed E-state index contributed by atoms with van der Waals surface area (Å²) < 4.78 is 21.0. The molecule has 0 atom stereocenters. The number of rotatable bonds is 5. The Morgan fingerprint density at radius 1 is 1.06 bits per heavy atom. The summed E-state index contributed by atoms with van der Waals surface area (Å²) in [5.41, 5.74) is 4.54. The van der Waals surface area contributed by atoms with Crippen molar-refractivity contribution in [3.63, 3.8) is 0 Å². The van der Waals surface area contributed by atoms with Crippen LogP contribution in [0.15, 0.2) is 83.2 Å². The zero-order valence-electron chi connectivity index (χ0n) is 17.1. The van der Waals surface area contributed by atoms with E-state index < -0.39 is 0 Å². The molecule has 0 unspecified atom stereocenters. The molecule has 0 aliphatic carbocycles. The number of fused-ring (bicyclic) bond motifs is 1. The average molecular weight is 446 g/mol. The maximum atomic E-state index is 13.3. The molecule has 1 aliphatic rings. The van der Waals surface area contributed by atoms with Crippen LogP contribution in [0.1, 0.15) is 5.56 Å². The van der Waals surface area contributed by atoms with Gasteiger partial charge >= 0.3 is 0 Å². The summed E-state index contributed by atoms with van der Waals surface area (Å²) in [5.74, 6) is 0.260. The normalized spacial score (nSPS) is 13.4. The SMILES string of the molecule is O=C1COc2ccc(-c3csc(=Nc4ccccc4)n3CCc3ccc(F)cc3)cc2N1. The number of benzene rings is 3. The zero-order valence-corrected chi connectivity index (χ0v) is 17.9. The number of ether oxygens (including phenoxy) is 1. The first-order valence-electron chi connectivity index (χ1n) is 10.3. The van der Waals surface area contributed by atoms with Crippen molar-refractivity contribution in [1.29, 1.82) is 0 Å². The van der Waals surface area contributed by atoms with E-state index in [0.717, 1.165) is 33.7 Å². The van der Waals surface area contributed by atoms with Crippen LogP contribution in [0.3, 0.4) is 0 Å². The van der Waals surface area contributed by atoms with Crippen LogP contribution in [0.2, 0.25) is 0 Å². The average Bonchev–Trinajstić information content (AvgIpc) is 3.21. The Labute approximate surface area is 188 Å². The van der Waals surface area contributed by atoms with E-state index in [4.69, 9.17) is 9.73 Å². The third-order valence-electron chi connectivity index (χ3n) is 5.22. The van der Waals surface area contributed by atoms with Crippen molar-refractivity contribution in [1.82, 2.24) is 4.57 Å². The summed E-state index contributed by atoms with van der Waals surface area (Å²) in [6.45, 7) is 0.707. The number of aryl methyl sites for hydroxylation is 1. The zero-order chi connectivity index (χ0) is 21.9. The fourth-order valence-electron chi connectivity index (χ4n) is 3.61. The summed E-state index contributed by atoms with van der Waals surface area (Å²) in [6.07, 6.45) is 0.733. The number of nitrogens with one attached hydrogen (secondary N) is 1. The number of aromatic nitrogens is 1. The van der Waals surface area contributed by atoms with Crippen molar-refractivity contribution >= 4 is 28.6 Å². The van der Waals surface area contributed by atoms with Gasteiger partial charge < -0.3 is 14.6 Å². The van der Waals surface area contributed by atoms with Gasteiger partial charge in [-0.2, -0.15) is 0 Å². The number of hydrogen-bond acceptors (Lipinski definition) is 4. The van der Waals surface area contributed by atoms with Crippen molar-refractivity contribution in [2.24, 2.45) is 4.99 Å². The second-order valence-corrected chi connectivity index (χ2v) is 8.26. The topological polar surface area (TPSA) is 55.6 Å². The quantitative estimate of drug-likeness (QED) is 0.461. The Kier molecular flexibility index (Phi) is 5.56. The first-order chi connectivity index (χ1) is 15.7. The van der Waals surface area contributed by atoms with Crippen LogP contribution >= 0.6 is 11.3 Å². The summed E-state index contributed by atoms with van der Waals surface area (Å²) in [7, 11) is 0. The number of amides is 1. The molecule has 5 rings (SSSR count). The van der Waals surface area contributed by atoms with Crippen molar-refractivity contribution in [3.05, 3.63) is 94.4 Å². The Morgan fingerprint density at radius 3 is 2.69 bits per heavy atom. The van der Waals surface area contributed by atoms with Gasteiger partial charge in [0.05, 0.1) is 17.1 Å². The lowest BCUT2D eigenvalue weighted by Crippen LogP contribution is -2.25. The van der Waals surface area contributed by atoms with Crippen LogP contribution in [0.25, 0.3) is 11.3 Å². The molecule has 160 valence electrons. The number of thiazole rings is 1. The molecular formula is C25H20FN3O2S. The lowest BCUT2D eigenvalue weighted by Gasteiger charge is -2.19. The van der Waals surface area contributed by atoms with Crippen molar-refractivity contribution in [3.8, 4) is 17.0 Å². The lowest BCUT2D eigenvalue weighted by molar-refractivity contribution is -0.118. The fourth-order valence-corrected chi connectivity index (χ4v) is 4.57. The highest BCUT2D eigenvalue weighted by Gasteiger charge is 2.18. The van der Waals surface area contributed by atoms with E-state index in [2.05, 4.69) is 15.3 Å². The molecular weight excluding hydrogens is 425 g/mol. The van der Waals surface area contributed by atoms with E-state index in [0.29, 0.717) is 18.0 Å². The monoisotopic (exact) mass is 445 g/mol. The highest BCUT2D eigenvalue weighted by molar-refractivity contribution is 7.07. The molecule has 1 aromatic heterocycles. The summed E-state index contributed by atoms with van der Waals surface area (Å²) in [4.78, 5) is 17.5. The number of hydrogen-bond donors (Lipinski definition) is 1. The molecule has 0 spiro atoms. The van der Waals surface area contributed by atoms with Crippen LogP contribution in [0.4, 0.5) is 15.8 Å². The van der Waals surface area contributed by atoms with E-state index in [1.54, 1.807) is 11.3 Å². The molecule has 3 aromatic carbocycles. The third kappa shape index (κ3) is 4.33. The van der Waals surface area contributed by atoms with Crippen LogP contribution in [0, 0.1) is 5.82 Å². The molecule has 32 heavy (non-hydrogen) atoms. The fraction of sp³-hybridized carbons (Fsp3) is 0.120. The van der Waals surface area contributed by atoms with E-state index in [1.807, 2.05) is 60.7 Å². The number of carbonyl (C=O) groups is 1. The standard InChI is InChI=1S/C25H20FN3O2S/c26-19-9-6-17(7-10-19)12-13-29-22(16-32-25(29)27-20-4-2-1-3-5-20)18-8-11-23-21(14-18)28-24(30)15-31-23/h1-11,14,16H,12-13,15H2,(H,28,30). The highest BCUT2D eigenvalue weighted by Crippen LogP contribution is 2.33. The molecule has 0 saturated carbocycles. The van der Waals surface area contributed by atoms with Gasteiger partial charge in [0.25, 0.3) is 5.91 Å². The van der Waals surface area contributed by atoms with Gasteiger partial charge in [0.1, 0.15) is 11.6 Å².